The van der Waals surface area contributed by atoms with Gasteiger partial charge in [-0.05, 0) is 18.6 Å². The van der Waals surface area contributed by atoms with Gasteiger partial charge in [0.05, 0.1) is 4.90 Å². The standard InChI is InChI=1S/C13H21N3O3S/c1-2-3-4-8-11-14-13(17)15-16-20(18,19)12-9-6-5-7-10-12/h5-7,9-10,16H,2-4,8,11H2,1H3,(H2,14,15,17). The Morgan fingerprint density at radius 2 is 1.80 bits per heavy atom. The molecule has 2 amide bonds. The van der Waals surface area contributed by atoms with Crippen LogP contribution in [-0.4, -0.2) is 21.0 Å². The molecule has 7 heteroatoms. The van der Waals surface area contributed by atoms with Crippen molar-refractivity contribution in [2.24, 2.45) is 0 Å². The van der Waals surface area contributed by atoms with E-state index in [0.29, 0.717) is 6.54 Å². The predicted octanol–water partition coefficient (Wildman–Crippen LogP) is 1.76. The second-order valence-electron chi connectivity index (χ2n) is 4.36. The lowest BCUT2D eigenvalue weighted by Gasteiger charge is -2.09. The second-order valence-corrected chi connectivity index (χ2v) is 6.04. The van der Waals surface area contributed by atoms with Crippen molar-refractivity contribution in [1.29, 1.82) is 0 Å². The topological polar surface area (TPSA) is 87.3 Å². The van der Waals surface area contributed by atoms with Gasteiger partial charge in [0.15, 0.2) is 0 Å². The van der Waals surface area contributed by atoms with Crippen molar-refractivity contribution < 1.29 is 13.2 Å². The third-order valence-electron chi connectivity index (χ3n) is 2.67. The van der Waals surface area contributed by atoms with Crippen LogP contribution < -0.4 is 15.6 Å². The number of rotatable bonds is 8. The fourth-order valence-corrected chi connectivity index (χ4v) is 2.43. The van der Waals surface area contributed by atoms with Crippen LogP contribution in [0.2, 0.25) is 0 Å². The number of carbonyl (C=O) groups excluding carboxylic acids is 1. The number of carbonyl (C=O) groups is 1. The van der Waals surface area contributed by atoms with Crippen LogP contribution >= 0.6 is 0 Å². The highest BCUT2D eigenvalue weighted by Crippen LogP contribution is 2.05. The molecule has 0 radical (unpaired) electrons. The molecule has 0 aliphatic carbocycles. The Hall–Kier alpha value is -1.60. The molecule has 3 N–H and O–H groups in total. The molecule has 0 heterocycles. The minimum Gasteiger partial charge on any atom is -0.337 e. The molecule has 0 atom stereocenters. The van der Waals surface area contributed by atoms with Crippen LogP contribution in [0.4, 0.5) is 4.79 Å². The smallest absolute Gasteiger partial charge is 0.329 e. The highest BCUT2D eigenvalue weighted by Gasteiger charge is 2.13. The van der Waals surface area contributed by atoms with E-state index in [1.807, 2.05) is 4.83 Å². The van der Waals surface area contributed by atoms with E-state index in [1.165, 1.54) is 12.1 Å². The highest BCUT2D eigenvalue weighted by atomic mass is 32.2. The quantitative estimate of drug-likeness (QED) is 0.505. The Labute approximate surface area is 120 Å². The maximum absolute atomic E-state index is 11.8. The fourth-order valence-electron chi connectivity index (χ4n) is 1.57. The molecule has 112 valence electrons. The lowest BCUT2D eigenvalue weighted by atomic mass is 10.2. The summed E-state index contributed by atoms with van der Waals surface area (Å²) in [5.41, 5.74) is 2.12. The molecule has 1 aromatic rings. The van der Waals surface area contributed by atoms with Crippen LogP contribution in [0.3, 0.4) is 0 Å². The van der Waals surface area contributed by atoms with Gasteiger partial charge in [0.25, 0.3) is 10.0 Å². The Morgan fingerprint density at radius 1 is 1.10 bits per heavy atom. The van der Waals surface area contributed by atoms with E-state index in [1.54, 1.807) is 18.2 Å². The molecule has 0 saturated heterocycles. The van der Waals surface area contributed by atoms with Gasteiger partial charge < -0.3 is 5.32 Å². The van der Waals surface area contributed by atoms with E-state index >= 15 is 0 Å². The molecule has 0 aliphatic heterocycles. The number of benzene rings is 1. The first-order valence-electron chi connectivity index (χ1n) is 6.67. The number of hydrogen-bond acceptors (Lipinski definition) is 3. The zero-order valence-electron chi connectivity index (χ0n) is 11.6. The highest BCUT2D eigenvalue weighted by molar-refractivity contribution is 7.89. The normalized spacial score (nSPS) is 11.1. The molecule has 0 spiro atoms. The van der Waals surface area contributed by atoms with Crippen molar-refractivity contribution in [3.63, 3.8) is 0 Å². The minimum absolute atomic E-state index is 0.100. The van der Waals surface area contributed by atoms with Gasteiger partial charge in [0, 0.05) is 6.54 Å². The summed E-state index contributed by atoms with van der Waals surface area (Å²) in [5.74, 6) is 0. The third-order valence-corrected chi connectivity index (χ3v) is 3.93. The summed E-state index contributed by atoms with van der Waals surface area (Å²) in [6.07, 6.45) is 4.19. The molecular weight excluding hydrogens is 278 g/mol. The lowest BCUT2D eigenvalue weighted by Crippen LogP contribution is -2.47. The van der Waals surface area contributed by atoms with Crippen molar-refractivity contribution in [3.8, 4) is 0 Å². The van der Waals surface area contributed by atoms with E-state index in [-0.39, 0.29) is 4.90 Å². The first-order valence-corrected chi connectivity index (χ1v) is 8.15. The number of hydrazine groups is 1. The molecule has 6 nitrogen and oxygen atoms in total. The second kappa shape index (κ2) is 8.55. The van der Waals surface area contributed by atoms with E-state index in [2.05, 4.69) is 17.7 Å². The molecule has 1 rings (SSSR count). The number of amides is 2. The SMILES string of the molecule is CCCCCCNC(=O)NNS(=O)(=O)c1ccccc1. The average molecular weight is 299 g/mol. The van der Waals surface area contributed by atoms with Crippen molar-refractivity contribution in [3.05, 3.63) is 30.3 Å². The summed E-state index contributed by atoms with van der Waals surface area (Å²) >= 11 is 0. The zero-order chi connectivity index (χ0) is 14.8. The molecule has 0 unspecified atom stereocenters. The van der Waals surface area contributed by atoms with Gasteiger partial charge >= 0.3 is 6.03 Å². The molecule has 1 aromatic carbocycles. The molecule has 0 fully saturated rings. The molecule has 0 aromatic heterocycles. The average Bonchev–Trinajstić information content (AvgIpc) is 2.46. The van der Waals surface area contributed by atoms with Crippen molar-refractivity contribution in [2.45, 2.75) is 37.5 Å². The summed E-state index contributed by atoms with van der Waals surface area (Å²) in [7, 11) is -3.72. The van der Waals surface area contributed by atoms with Gasteiger partial charge in [-0.25, -0.2) is 13.2 Å². The molecule has 0 bridgehead atoms. The van der Waals surface area contributed by atoms with Crippen LogP contribution in [-0.2, 0) is 10.0 Å². The van der Waals surface area contributed by atoms with E-state index in [9.17, 15) is 13.2 Å². The molecule has 0 saturated carbocycles. The monoisotopic (exact) mass is 299 g/mol. The van der Waals surface area contributed by atoms with Crippen LogP contribution in [0.1, 0.15) is 32.6 Å². The van der Waals surface area contributed by atoms with Crippen LogP contribution in [0.5, 0.6) is 0 Å². The first-order chi connectivity index (χ1) is 9.56. The van der Waals surface area contributed by atoms with Gasteiger partial charge in [-0.15, -0.1) is 4.83 Å². The summed E-state index contributed by atoms with van der Waals surface area (Å²) in [5, 5.41) is 2.59. The van der Waals surface area contributed by atoms with Gasteiger partial charge in [0.1, 0.15) is 0 Å². The maximum Gasteiger partial charge on any atom is 0.329 e. The maximum atomic E-state index is 11.8. The number of urea groups is 1. The van der Waals surface area contributed by atoms with E-state index in [0.717, 1.165) is 25.7 Å². The number of nitrogens with one attached hydrogen (secondary N) is 3. The lowest BCUT2D eigenvalue weighted by molar-refractivity contribution is 0.239. The van der Waals surface area contributed by atoms with Gasteiger partial charge in [-0.2, -0.15) is 0 Å². The van der Waals surface area contributed by atoms with Crippen molar-refractivity contribution in [1.82, 2.24) is 15.6 Å². The summed E-state index contributed by atoms with van der Waals surface area (Å²) in [6.45, 7) is 2.64. The Balaban J connectivity index is 2.30. The molecular formula is C13H21N3O3S. The van der Waals surface area contributed by atoms with E-state index in [4.69, 9.17) is 0 Å². The third kappa shape index (κ3) is 6.03. The van der Waals surface area contributed by atoms with Crippen LogP contribution in [0, 0.1) is 0 Å². The Morgan fingerprint density at radius 3 is 2.45 bits per heavy atom. The number of hydrogen-bond donors (Lipinski definition) is 3. The molecule has 20 heavy (non-hydrogen) atoms. The number of unbranched alkanes of at least 4 members (excludes halogenated alkanes) is 3. The van der Waals surface area contributed by atoms with Crippen molar-refractivity contribution >= 4 is 16.1 Å². The first kappa shape index (κ1) is 16.5. The van der Waals surface area contributed by atoms with Crippen LogP contribution in [0.25, 0.3) is 0 Å². The van der Waals surface area contributed by atoms with Gasteiger partial charge in [-0.3, -0.25) is 5.43 Å². The van der Waals surface area contributed by atoms with Gasteiger partial charge in [-0.1, -0.05) is 44.4 Å². The molecule has 0 aliphatic rings. The predicted molar refractivity (Wildman–Crippen MR) is 77.4 cm³/mol. The van der Waals surface area contributed by atoms with Gasteiger partial charge in [0.2, 0.25) is 0 Å². The largest absolute Gasteiger partial charge is 0.337 e. The fraction of sp³-hybridized carbons (Fsp3) is 0.462. The Kier molecular flexibility index (Phi) is 7.03. The summed E-state index contributed by atoms with van der Waals surface area (Å²) < 4.78 is 23.6. The minimum atomic E-state index is -3.72. The summed E-state index contributed by atoms with van der Waals surface area (Å²) in [4.78, 5) is 13.5. The van der Waals surface area contributed by atoms with E-state index < -0.39 is 16.1 Å². The van der Waals surface area contributed by atoms with Crippen LogP contribution in [0.15, 0.2) is 35.2 Å². The van der Waals surface area contributed by atoms with Crippen molar-refractivity contribution in [2.75, 3.05) is 6.54 Å². The zero-order valence-corrected chi connectivity index (χ0v) is 12.4. The summed E-state index contributed by atoms with van der Waals surface area (Å²) in [6, 6.07) is 7.29. The Bertz CT molecular complexity index is 503. The number of sulfonamides is 1.